The smallest absolute Gasteiger partial charge is 0.242 e. The predicted molar refractivity (Wildman–Crippen MR) is 128 cm³/mol. The topological polar surface area (TPSA) is 59.8 Å². The van der Waals surface area contributed by atoms with Crippen LogP contribution in [-0.4, -0.2) is 66.1 Å². The van der Waals surface area contributed by atoms with Gasteiger partial charge in [-0.1, -0.05) is 25.4 Å². The fourth-order valence-electron chi connectivity index (χ4n) is 3.59. The Hall–Kier alpha value is -2.09. The van der Waals surface area contributed by atoms with Crippen LogP contribution in [0, 0.1) is 12.8 Å². The summed E-state index contributed by atoms with van der Waals surface area (Å²) in [5.41, 5.74) is 1.95. The molecule has 1 aromatic carbocycles. The number of amides is 1. The van der Waals surface area contributed by atoms with Gasteiger partial charge in [0.2, 0.25) is 5.91 Å². The van der Waals surface area contributed by atoms with Crippen molar-refractivity contribution in [3.63, 3.8) is 0 Å². The van der Waals surface area contributed by atoms with Crippen molar-refractivity contribution in [3.8, 4) is 5.75 Å². The molecule has 1 aromatic heterocycles. The highest BCUT2D eigenvalue weighted by Crippen LogP contribution is 2.26. The number of rotatable bonds is 10. The Morgan fingerprint density at radius 2 is 1.94 bits per heavy atom. The fraction of sp³-hybridized carbons (Fsp3) is 0.583. The van der Waals surface area contributed by atoms with Gasteiger partial charge in [-0.2, -0.15) is 5.10 Å². The number of anilines is 1. The molecule has 0 atom stereocenters. The number of halogens is 1. The maximum Gasteiger partial charge on any atom is 0.242 e. The molecule has 0 unspecified atom stereocenters. The molecule has 32 heavy (non-hydrogen) atoms. The van der Waals surface area contributed by atoms with E-state index in [1.807, 2.05) is 49.7 Å². The number of benzene rings is 1. The zero-order valence-electron chi connectivity index (χ0n) is 19.8. The summed E-state index contributed by atoms with van der Waals surface area (Å²) in [5, 5.41) is 5.40. The molecule has 1 saturated heterocycles. The van der Waals surface area contributed by atoms with Crippen molar-refractivity contribution in [3.05, 3.63) is 40.5 Å². The average Bonchev–Trinajstić information content (AvgIpc) is 3.07. The number of aryl methyl sites for hydroxylation is 1. The number of ether oxygens (including phenoxy) is 2. The van der Waals surface area contributed by atoms with Crippen LogP contribution in [0.1, 0.15) is 39.0 Å². The normalized spacial score (nSPS) is 15.2. The molecule has 7 nitrogen and oxygen atoms in total. The van der Waals surface area contributed by atoms with Crippen LogP contribution in [0.2, 0.25) is 5.02 Å². The van der Waals surface area contributed by atoms with Crippen LogP contribution in [0.15, 0.2) is 24.3 Å². The maximum absolute atomic E-state index is 12.8. The molecule has 0 radical (unpaired) electrons. The molecule has 0 N–H and O–H groups in total. The zero-order valence-corrected chi connectivity index (χ0v) is 20.6. The number of carbonyl (C=O) groups is 1. The first kappa shape index (κ1) is 24.6. The van der Waals surface area contributed by atoms with Gasteiger partial charge in [0, 0.05) is 42.0 Å². The molecule has 1 aliphatic rings. The lowest BCUT2D eigenvalue weighted by atomic mass is 10.2. The predicted octanol–water partition coefficient (Wildman–Crippen LogP) is 4.00. The van der Waals surface area contributed by atoms with Crippen molar-refractivity contribution in [2.75, 3.05) is 44.3 Å². The van der Waals surface area contributed by atoms with Crippen molar-refractivity contribution in [1.29, 1.82) is 0 Å². The largest absolute Gasteiger partial charge is 0.493 e. The molecular weight excluding hydrogens is 428 g/mol. The van der Waals surface area contributed by atoms with Crippen molar-refractivity contribution < 1.29 is 14.3 Å². The van der Waals surface area contributed by atoms with Crippen LogP contribution in [0.5, 0.6) is 5.75 Å². The quantitative estimate of drug-likeness (QED) is 0.534. The standard InChI is InChI=1S/C24H35ClN4O3/c1-17(2)16-32-22-7-6-21(25)13-20(22)14-29-19(5)12-23(26-29)28-9-8-27(15-24(28)30)10-11-31-18(3)4/h6-7,12-13,17-18H,8-11,14-16H2,1-5H3. The van der Waals surface area contributed by atoms with Crippen LogP contribution in [0.3, 0.4) is 0 Å². The van der Waals surface area contributed by atoms with Crippen LogP contribution < -0.4 is 9.64 Å². The van der Waals surface area contributed by atoms with Gasteiger partial charge in [0.25, 0.3) is 0 Å². The molecule has 0 aliphatic carbocycles. The summed E-state index contributed by atoms with van der Waals surface area (Å²) in [7, 11) is 0. The van der Waals surface area contributed by atoms with Gasteiger partial charge in [-0.15, -0.1) is 0 Å². The van der Waals surface area contributed by atoms with E-state index in [1.165, 1.54) is 0 Å². The van der Waals surface area contributed by atoms with Crippen LogP contribution in [0.4, 0.5) is 5.82 Å². The third kappa shape index (κ3) is 6.70. The van der Waals surface area contributed by atoms with Gasteiger partial charge in [-0.25, -0.2) is 0 Å². The number of hydrogen-bond acceptors (Lipinski definition) is 5. The molecule has 0 saturated carbocycles. The molecule has 2 aromatic rings. The highest BCUT2D eigenvalue weighted by atomic mass is 35.5. The molecule has 1 fully saturated rings. The second-order valence-electron chi connectivity index (χ2n) is 9.00. The first-order chi connectivity index (χ1) is 15.2. The van der Waals surface area contributed by atoms with E-state index in [0.717, 1.165) is 30.1 Å². The number of piperazine rings is 1. The SMILES string of the molecule is Cc1cc(N2CCN(CCOC(C)C)CC2=O)nn1Cc1cc(Cl)ccc1OCC(C)C. The first-order valence-electron chi connectivity index (χ1n) is 11.3. The first-order valence-corrected chi connectivity index (χ1v) is 11.7. The van der Waals surface area contributed by atoms with Gasteiger partial charge in [-0.3, -0.25) is 19.3 Å². The summed E-state index contributed by atoms with van der Waals surface area (Å²) < 4.78 is 13.5. The van der Waals surface area contributed by atoms with Crippen LogP contribution in [-0.2, 0) is 16.1 Å². The van der Waals surface area contributed by atoms with Gasteiger partial charge in [-0.05, 0) is 44.9 Å². The Labute approximate surface area is 196 Å². The van der Waals surface area contributed by atoms with Crippen LogP contribution >= 0.6 is 11.6 Å². The number of hydrogen-bond donors (Lipinski definition) is 0. The Balaban J connectivity index is 1.67. The van der Waals surface area contributed by atoms with E-state index in [1.54, 1.807) is 4.90 Å². The minimum atomic E-state index is 0.0640. The van der Waals surface area contributed by atoms with E-state index in [-0.39, 0.29) is 12.0 Å². The van der Waals surface area contributed by atoms with Gasteiger partial charge in [0.05, 0.1) is 32.4 Å². The maximum atomic E-state index is 12.8. The number of aromatic nitrogens is 2. The molecule has 0 bridgehead atoms. The van der Waals surface area contributed by atoms with Crippen molar-refractivity contribution >= 4 is 23.3 Å². The molecule has 8 heteroatoms. The lowest BCUT2D eigenvalue weighted by Gasteiger charge is -2.33. The molecule has 1 aliphatic heterocycles. The molecule has 3 rings (SSSR count). The van der Waals surface area contributed by atoms with Crippen molar-refractivity contribution in [2.45, 2.75) is 47.3 Å². The number of nitrogens with zero attached hydrogens (tertiary/aromatic N) is 4. The summed E-state index contributed by atoms with van der Waals surface area (Å²) in [6.45, 7) is 14.7. The summed E-state index contributed by atoms with van der Waals surface area (Å²) in [6.07, 6.45) is 0.203. The summed E-state index contributed by atoms with van der Waals surface area (Å²) in [4.78, 5) is 16.7. The second-order valence-corrected chi connectivity index (χ2v) is 9.44. The second kappa shape index (κ2) is 11.2. The lowest BCUT2D eigenvalue weighted by Crippen LogP contribution is -2.51. The number of carbonyl (C=O) groups excluding carboxylic acids is 1. The Kier molecular flexibility index (Phi) is 8.57. The van der Waals surface area contributed by atoms with E-state index < -0.39 is 0 Å². The van der Waals surface area contributed by atoms with Crippen molar-refractivity contribution in [2.24, 2.45) is 5.92 Å². The Morgan fingerprint density at radius 1 is 1.16 bits per heavy atom. The molecule has 1 amide bonds. The summed E-state index contributed by atoms with van der Waals surface area (Å²) in [5.74, 6) is 2.00. The van der Waals surface area contributed by atoms with Gasteiger partial charge >= 0.3 is 0 Å². The monoisotopic (exact) mass is 462 g/mol. The Bertz CT molecular complexity index is 913. The van der Waals surface area contributed by atoms with Gasteiger partial charge in [0.1, 0.15) is 5.75 Å². The third-order valence-electron chi connectivity index (χ3n) is 5.32. The summed E-state index contributed by atoms with van der Waals surface area (Å²) in [6, 6.07) is 7.63. The zero-order chi connectivity index (χ0) is 23.3. The minimum absolute atomic E-state index is 0.0640. The highest BCUT2D eigenvalue weighted by Gasteiger charge is 2.27. The van der Waals surface area contributed by atoms with E-state index in [0.29, 0.717) is 49.6 Å². The lowest BCUT2D eigenvalue weighted by molar-refractivity contribution is -0.121. The summed E-state index contributed by atoms with van der Waals surface area (Å²) >= 11 is 6.25. The highest BCUT2D eigenvalue weighted by molar-refractivity contribution is 6.30. The fourth-order valence-corrected chi connectivity index (χ4v) is 3.78. The molecule has 176 valence electrons. The van der Waals surface area contributed by atoms with E-state index in [2.05, 4.69) is 18.7 Å². The molecule has 0 spiro atoms. The van der Waals surface area contributed by atoms with Crippen molar-refractivity contribution in [1.82, 2.24) is 14.7 Å². The minimum Gasteiger partial charge on any atom is -0.493 e. The Morgan fingerprint density at radius 3 is 2.62 bits per heavy atom. The van der Waals surface area contributed by atoms with Gasteiger partial charge in [0.15, 0.2) is 5.82 Å². The van der Waals surface area contributed by atoms with Gasteiger partial charge < -0.3 is 9.47 Å². The van der Waals surface area contributed by atoms with E-state index >= 15 is 0 Å². The molecular formula is C24H35ClN4O3. The average molecular weight is 463 g/mol. The van der Waals surface area contributed by atoms with E-state index in [9.17, 15) is 4.79 Å². The third-order valence-corrected chi connectivity index (χ3v) is 5.55. The van der Waals surface area contributed by atoms with Crippen LogP contribution in [0.25, 0.3) is 0 Å². The molecule has 2 heterocycles. The van der Waals surface area contributed by atoms with E-state index in [4.69, 9.17) is 26.2 Å².